The summed E-state index contributed by atoms with van der Waals surface area (Å²) in [6.07, 6.45) is 1.41. The number of carbonyl (C=O) groups is 1. The summed E-state index contributed by atoms with van der Waals surface area (Å²) in [5, 5.41) is 9.28. The van der Waals surface area contributed by atoms with Crippen LogP contribution in [0.5, 0.6) is 0 Å². The van der Waals surface area contributed by atoms with Gasteiger partial charge in [0.15, 0.2) is 5.96 Å². The van der Waals surface area contributed by atoms with Gasteiger partial charge in [-0.05, 0) is 38.3 Å². The molecule has 0 radical (unpaired) electrons. The topological polar surface area (TPSA) is 65.5 Å². The Kier molecular flexibility index (Phi) is 12.3. The van der Waals surface area contributed by atoms with Gasteiger partial charge in [0.05, 0.1) is 6.54 Å². The van der Waals surface area contributed by atoms with Gasteiger partial charge in [0.2, 0.25) is 5.91 Å². The first-order valence-corrected chi connectivity index (χ1v) is 8.41. The molecule has 0 fully saturated rings. The van der Waals surface area contributed by atoms with Crippen LogP contribution in [0.25, 0.3) is 0 Å². The van der Waals surface area contributed by atoms with E-state index in [2.05, 4.69) is 53.0 Å². The zero-order chi connectivity index (χ0) is 17.1. The molecule has 0 aromatic heterocycles. The van der Waals surface area contributed by atoms with E-state index in [4.69, 9.17) is 0 Å². The van der Waals surface area contributed by atoms with Gasteiger partial charge in [0.25, 0.3) is 0 Å². The third kappa shape index (κ3) is 9.10. The number of hydrogen-bond donors (Lipinski definition) is 3. The molecule has 1 aromatic carbocycles. The molecule has 0 saturated heterocycles. The molecule has 0 unspecified atom stereocenters. The molecule has 0 aliphatic carbocycles. The van der Waals surface area contributed by atoms with Crippen molar-refractivity contribution >= 4 is 35.8 Å². The van der Waals surface area contributed by atoms with E-state index < -0.39 is 0 Å². The lowest BCUT2D eigenvalue weighted by atomic mass is 10.1. The summed E-state index contributed by atoms with van der Waals surface area (Å²) in [5.74, 6) is 0.820. The monoisotopic (exact) mass is 446 g/mol. The molecule has 0 spiro atoms. The molecule has 6 heteroatoms. The second-order valence-corrected chi connectivity index (χ2v) is 5.65. The van der Waals surface area contributed by atoms with Crippen molar-refractivity contribution in [3.63, 3.8) is 0 Å². The summed E-state index contributed by atoms with van der Waals surface area (Å²) in [6.45, 7) is 11.0. The fraction of sp³-hybridized carbons (Fsp3) is 0.556. The Bertz CT molecular complexity index is 532. The standard InChI is InChI=1S/C18H30N4O.HI/c1-5-10-20-17(23)9-11-21-18(19-6-2)22-13-16-8-7-14(3)12-15(16)4;/h7-8,12H,5-6,9-11,13H2,1-4H3,(H,20,23)(H2,19,21,22);1H. The predicted octanol–water partition coefficient (Wildman–Crippen LogP) is 2.89. The highest BCUT2D eigenvalue weighted by Crippen LogP contribution is 2.11. The molecule has 24 heavy (non-hydrogen) atoms. The second kappa shape index (κ2) is 13.0. The molecule has 1 aromatic rings. The zero-order valence-electron chi connectivity index (χ0n) is 15.2. The van der Waals surface area contributed by atoms with Crippen LogP contribution in [-0.2, 0) is 11.3 Å². The highest BCUT2D eigenvalue weighted by molar-refractivity contribution is 14.0. The molecule has 0 aliphatic heterocycles. The molecule has 5 nitrogen and oxygen atoms in total. The van der Waals surface area contributed by atoms with Crippen molar-refractivity contribution in [3.8, 4) is 0 Å². The van der Waals surface area contributed by atoms with Crippen LogP contribution in [0.1, 0.15) is 43.4 Å². The van der Waals surface area contributed by atoms with E-state index in [1.165, 1.54) is 16.7 Å². The molecule has 1 amide bonds. The van der Waals surface area contributed by atoms with Crippen molar-refractivity contribution in [1.82, 2.24) is 16.0 Å². The van der Waals surface area contributed by atoms with Gasteiger partial charge in [0, 0.05) is 26.1 Å². The van der Waals surface area contributed by atoms with E-state index in [0.717, 1.165) is 25.5 Å². The minimum absolute atomic E-state index is 0. The average molecular weight is 446 g/mol. The molecule has 1 rings (SSSR count). The Morgan fingerprint density at radius 3 is 2.46 bits per heavy atom. The summed E-state index contributed by atoms with van der Waals surface area (Å²) in [7, 11) is 0. The van der Waals surface area contributed by atoms with Gasteiger partial charge in [0.1, 0.15) is 0 Å². The van der Waals surface area contributed by atoms with Crippen molar-refractivity contribution in [1.29, 1.82) is 0 Å². The van der Waals surface area contributed by atoms with Gasteiger partial charge in [-0.25, -0.2) is 4.99 Å². The van der Waals surface area contributed by atoms with Crippen LogP contribution in [0.2, 0.25) is 0 Å². The number of guanidine groups is 1. The third-order valence-corrected chi connectivity index (χ3v) is 3.47. The Morgan fingerprint density at radius 2 is 1.83 bits per heavy atom. The van der Waals surface area contributed by atoms with E-state index in [1.54, 1.807) is 0 Å². The largest absolute Gasteiger partial charge is 0.357 e. The van der Waals surface area contributed by atoms with E-state index >= 15 is 0 Å². The number of halogens is 1. The van der Waals surface area contributed by atoms with Crippen molar-refractivity contribution in [2.75, 3.05) is 19.6 Å². The van der Waals surface area contributed by atoms with E-state index in [0.29, 0.717) is 19.5 Å². The molecule has 0 atom stereocenters. The maximum Gasteiger partial charge on any atom is 0.221 e. The summed E-state index contributed by atoms with van der Waals surface area (Å²) in [5.41, 5.74) is 3.73. The number of benzene rings is 1. The molecule has 0 saturated carbocycles. The van der Waals surface area contributed by atoms with Crippen LogP contribution >= 0.6 is 24.0 Å². The summed E-state index contributed by atoms with van der Waals surface area (Å²) >= 11 is 0. The first-order chi connectivity index (χ1) is 11.1. The summed E-state index contributed by atoms with van der Waals surface area (Å²) in [6, 6.07) is 6.40. The van der Waals surface area contributed by atoms with Gasteiger partial charge in [-0.15, -0.1) is 24.0 Å². The lowest BCUT2D eigenvalue weighted by molar-refractivity contribution is -0.120. The van der Waals surface area contributed by atoms with Crippen molar-refractivity contribution in [3.05, 3.63) is 34.9 Å². The highest BCUT2D eigenvalue weighted by Gasteiger charge is 2.03. The number of amides is 1. The van der Waals surface area contributed by atoms with Gasteiger partial charge in [-0.3, -0.25) is 4.79 Å². The Labute approximate surface area is 163 Å². The second-order valence-electron chi connectivity index (χ2n) is 5.65. The van der Waals surface area contributed by atoms with E-state index in [-0.39, 0.29) is 29.9 Å². The molecule has 3 N–H and O–H groups in total. The highest BCUT2D eigenvalue weighted by atomic mass is 127. The van der Waals surface area contributed by atoms with E-state index in [1.807, 2.05) is 13.8 Å². The molecular weight excluding hydrogens is 415 g/mol. The molecule has 0 heterocycles. The number of nitrogens with zero attached hydrogens (tertiary/aromatic N) is 1. The Hall–Kier alpha value is -1.31. The Balaban J connectivity index is 0.00000529. The van der Waals surface area contributed by atoms with Gasteiger partial charge < -0.3 is 16.0 Å². The van der Waals surface area contributed by atoms with Crippen molar-refractivity contribution < 1.29 is 4.79 Å². The SMILES string of the molecule is CCCNC(=O)CCNC(=NCc1ccc(C)cc1C)NCC.I. The first-order valence-electron chi connectivity index (χ1n) is 8.41. The lowest BCUT2D eigenvalue weighted by Crippen LogP contribution is -2.39. The third-order valence-electron chi connectivity index (χ3n) is 3.47. The number of carbonyl (C=O) groups excluding carboxylic acids is 1. The van der Waals surface area contributed by atoms with Crippen LogP contribution < -0.4 is 16.0 Å². The number of hydrogen-bond acceptors (Lipinski definition) is 2. The van der Waals surface area contributed by atoms with Crippen molar-refractivity contribution in [2.24, 2.45) is 4.99 Å². The van der Waals surface area contributed by atoms with Gasteiger partial charge >= 0.3 is 0 Å². The number of aryl methyl sites for hydroxylation is 2. The number of rotatable bonds is 8. The van der Waals surface area contributed by atoms with Crippen LogP contribution in [-0.4, -0.2) is 31.5 Å². The van der Waals surface area contributed by atoms with Crippen LogP contribution in [0, 0.1) is 13.8 Å². The van der Waals surface area contributed by atoms with E-state index in [9.17, 15) is 4.79 Å². The fourth-order valence-corrected chi connectivity index (χ4v) is 2.18. The minimum atomic E-state index is 0. The van der Waals surface area contributed by atoms with Crippen molar-refractivity contribution in [2.45, 2.75) is 47.1 Å². The van der Waals surface area contributed by atoms with Gasteiger partial charge in [-0.1, -0.05) is 30.7 Å². The number of aliphatic imine (C=N–C) groups is 1. The number of nitrogens with one attached hydrogen (secondary N) is 3. The maximum absolute atomic E-state index is 11.6. The first kappa shape index (κ1) is 22.7. The molecular formula is C18H31IN4O. The summed E-state index contributed by atoms with van der Waals surface area (Å²) < 4.78 is 0. The molecule has 0 aliphatic rings. The summed E-state index contributed by atoms with van der Waals surface area (Å²) in [4.78, 5) is 16.2. The smallest absolute Gasteiger partial charge is 0.221 e. The average Bonchev–Trinajstić information content (AvgIpc) is 2.52. The van der Waals surface area contributed by atoms with Crippen LogP contribution in [0.15, 0.2) is 23.2 Å². The zero-order valence-corrected chi connectivity index (χ0v) is 17.6. The quantitative estimate of drug-likeness (QED) is 0.327. The predicted molar refractivity (Wildman–Crippen MR) is 112 cm³/mol. The molecule has 136 valence electrons. The van der Waals surface area contributed by atoms with Gasteiger partial charge in [-0.2, -0.15) is 0 Å². The van der Waals surface area contributed by atoms with Crippen LogP contribution in [0.4, 0.5) is 0 Å². The lowest BCUT2D eigenvalue weighted by Gasteiger charge is -2.12. The maximum atomic E-state index is 11.6. The van der Waals surface area contributed by atoms with Crippen LogP contribution in [0.3, 0.4) is 0 Å². The normalized spacial score (nSPS) is 10.8. The fourth-order valence-electron chi connectivity index (χ4n) is 2.18. The Morgan fingerprint density at radius 1 is 1.08 bits per heavy atom. The minimum Gasteiger partial charge on any atom is -0.357 e. The molecule has 0 bridgehead atoms.